The molecule has 21 heavy (non-hydrogen) atoms. The van der Waals surface area contributed by atoms with Crippen LogP contribution in [0.5, 0.6) is 0 Å². The second-order valence-corrected chi connectivity index (χ2v) is 8.67. The van der Waals surface area contributed by atoms with Crippen molar-refractivity contribution in [1.29, 1.82) is 0 Å². The van der Waals surface area contributed by atoms with Gasteiger partial charge in [-0.05, 0) is 42.1 Å². The van der Waals surface area contributed by atoms with E-state index in [1.54, 1.807) is 6.20 Å². The van der Waals surface area contributed by atoms with Gasteiger partial charge >= 0.3 is 0 Å². The number of aliphatic hydroxyl groups is 1. The molecule has 1 aliphatic rings. The van der Waals surface area contributed by atoms with E-state index in [-0.39, 0.29) is 18.3 Å². The number of ketones is 1. The van der Waals surface area contributed by atoms with E-state index in [0.717, 1.165) is 8.79 Å². The van der Waals surface area contributed by atoms with Gasteiger partial charge in [0.2, 0.25) is 0 Å². The summed E-state index contributed by atoms with van der Waals surface area (Å²) in [6, 6.07) is 0. The lowest BCUT2D eigenvalue weighted by Crippen LogP contribution is -2.48. The van der Waals surface area contributed by atoms with E-state index < -0.39 is 11.0 Å². The van der Waals surface area contributed by atoms with Crippen LogP contribution in [0.2, 0.25) is 0 Å². The van der Waals surface area contributed by atoms with Gasteiger partial charge in [0.1, 0.15) is 17.2 Å². The fourth-order valence-corrected chi connectivity index (χ4v) is 4.55. The van der Waals surface area contributed by atoms with E-state index in [2.05, 4.69) is 20.9 Å². The molecule has 0 aliphatic heterocycles. The predicted octanol–water partition coefficient (Wildman–Crippen LogP) is 3.53. The summed E-state index contributed by atoms with van der Waals surface area (Å²) in [5.74, 6) is 0.113. The fourth-order valence-electron chi connectivity index (χ4n) is 3.05. The van der Waals surface area contributed by atoms with Crippen molar-refractivity contribution in [3.63, 3.8) is 0 Å². The van der Waals surface area contributed by atoms with Crippen molar-refractivity contribution >= 4 is 33.0 Å². The van der Waals surface area contributed by atoms with Crippen molar-refractivity contribution in [3.8, 4) is 0 Å². The Morgan fingerprint density at radius 3 is 2.86 bits per heavy atom. The normalized spacial score (nSPS) is 28.5. The van der Waals surface area contributed by atoms with Gasteiger partial charge in [-0.1, -0.05) is 13.8 Å². The first-order valence-corrected chi connectivity index (χ1v) is 8.86. The Kier molecular flexibility index (Phi) is 5.23. The molecule has 0 amide bonds. The molecule has 6 heteroatoms. The lowest BCUT2D eigenvalue weighted by atomic mass is 9.61. The smallest absolute Gasteiger partial charge is 0.161 e. The lowest BCUT2D eigenvalue weighted by molar-refractivity contribution is -0.143. The van der Waals surface area contributed by atoms with Crippen molar-refractivity contribution in [2.75, 3.05) is 13.2 Å². The zero-order valence-corrected chi connectivity index (χ0v) is 15.1. The molecule has 1 N–H and O–H groups in total. The Bertz CT molecular complexity index is 517. The van der Waals surface area contributed by atoms with Gasteiger partial charge in [-0.25, -0.2) is 4.98 Å². The number of carbonyl (C=O) groups is 1. The minimum absolute atomic E-state index is 0.0322. The summed E-state index contributed by atoms with van der Waals surface area (Å²) in [4.78, 5) is 16.5. The number of rotatable bonds is 5. The van der Waals surface area contributed by atoms with E-state index >= 15 is 0 Å². The highest BCUT2D eigenvalue weighted by molar-refractivity contribution is 9.11. The van der Waals surface area contributed by atoms with Crippen molar-refractivity contribution in [3.05, 3.63) is 15.0 Å². The number of ether oxygens (including phenoxy) is 1. The van der Waals surface area contributed by atoms with Crippen molar-refractivity contribution in [2.45, 2.75) is 45.6 Å². The maximum atomic E-state index is 12.2. The zero-order chi connectivity index (χ0) is 15.7. The molecule has 1 fully saturated rings. The number of hydrogen-bond acceptors (Lipinski definition) is 5. The van der Waals surface area contributed by atoms with Gasteiger partial charge in [-0.2, -0.15) is 0 Å². The third-order valence-corrected chi connectivity index (χ3v) is 6.09. The predicted molar refractivity (Wildman–Crippen MR) is 86.3 cm³/mol. The Morgan fingerprint density at radius 2 is 2.33 bits per heavy atom. The summed E-state index contributed by atoms with van der Waals surface area (Å²) >= 11 is 4.86. The summed E-state index contributed by atoms with van der Waals surface area (Å²) in [5.41, 5.74) is -1.36. The van der Waals surface area contributed by atoms with Gasteiger partial charge in [0.05, 0.1) is 9.98 Å². The van der Waals surface area contributed by atoms with Crippen LogP contribution in [0.15, 0.2) is 9.98 Å². The Morgan fingerprint density at radius 1 is 1.62 bits per heavy atom. The molecular formula is C15H22BrNO3S. The molecule has 2 atom stereocenters. The van der Waals surface area contributed by atoms with Crippen LogP contribution in [-0.4, -0.2) is 29.1 Å². The van der Waals surface area contributed by atoms with E-state index in [1.807, 2.05) is 20.8 Å². The quantitative estimate of drug-likeness (QED) is 0.854. The highest BCUT2D eigenvalue weighted by Crippen LogP contribution is 2.53. The molecule has 4 nitrogen and oxygen atoms in total. The summed E-state index contributed by atoms with van der Waals surface area (Å²) < 4.78 is 6.14. The number of aromatic nitrogens is 1. The fraction of sp³-hybridized carbons (Fsp3) is 0.733. The van der Waals surface area contributed by atoms with Gasteiger partial charge in [-0.15, -0.1) is 11.3 Å². The maximum Gasteiger partial charge on any atom is 0.161 e. The molecule has 0 spiro atoms. The maximum absolute atomic E-state index is 12.2. The highest BCUT2D eigenvalue weighted by atomic mass is 79.9. The molecule has 0 radical (unpaired) electrons. The third kappa shape index (κ3) is 3.38. The van der Waals surface area contributed by atoms with Crippen molar-refractivity contribution < 1.29 is 14.6 Å². The summed E-state index contributed by atoms with van der Waals surface area (Å²) in [7, 11) is 0. The number of carbonyl (C=O) groups excluding carboxylic acids is 1. The van der Waals surface area contributed by atoms with Gasteiger partial charge < -0.3 is 9.84 Å². The topological polar surface area (TPSA) is 59.4 Å². The van der Waals surface area contributed by atoms with Crippen LogP contribution in [0.3, 0.4) is 0 Å². The standard InChI is InChI=1S/C15H22BrNO3S/c1-4-20-9-11(18)10-5-6-15(19,14(2,3)7-10)13-17-8-12(16)21-13/h8,10,19H,4-7,9H2,1-3H3. The van der Waals surface area contributed by atoms with E-state index in [4.69, 9.17) is 4.74 Å². The Balaban J connectivity index is 2.14. The zero-order valence-electron chi connectivity index (χ0n) is 12.7. The minimum Gasteiger partial charge on any atom is -0.382 e. The van der Waals surface area contributed by atoms with E-state index in [0.29, 0.717) is 25.9 Å². The highest BCUT2D eigenvalue weighted by Gasteiger charge is 2.51. The molecule has 0 saturated heterocycles. The number of Topliss-reactive ketones (excluding diaryl/α,β-unsaturated/α-hetero) is 1. The second kappa shape index (κ2) is 6.44. The Hall–Kier alpha value is -0.300. The number of halogens is 1. The molecule has 1 aliphatic carbocycles. The number of thiazole rings is 1. The van der Waals surface area contributed by atoms with Gasteiger partial charge in [0, 0.05) is 17.9 Å². The molecule has 1 saturated carbocycles. The third-order valence-electron chi connectivity index (χ3n) is 4.47. The summed E-state index contributed by atoms with van der Waals surface area (Å²) in [6.45, 7) is 6.65. The molecule has 0 bridgehead atoms. The molecule has 1 aromatic heterocycles. The van der Waals surface area contributed by atoms with E-state index in [9.17, 15) is 9.90 Å². The molecule has 0 aromatic carbocycles. The molecule has 2 rings (SSSR count). The van der Waals surface area contributed by atoms with Crippen LogP contribution in [-0.2, 0) is 15.1 Å². The van der Waals surface area contributed by atoms with Gasteiger partial charge in [0.15, 0.2) is 5.78 Å². The Labute approximate surface area is 138 Å². The average molecular weight is 376 g/mol. The number of hydrogen-bond donors (Lipinski definition) is 1. The SMILES string of the molecule is CCOCC(=O)C1CCC(O)(c2ncc(Br)s2)C(C)(C)C1. The van der Waals surface area contributed by atoms with Crippen LogP contribution < -0.4 is 0 Å². The second-order valence-electron chi connectivity index (χ2n) is 6.26. The minimum atomic E-state index is -0.966. The van der Waals surface area contributed by atoms with Crippen LogP contribution in [0.1, 0.15) is 45.0 Å². The molecule has 1 aromatic rings. The van der Waals surface area contributed by atoms with Crippen LogP contribution in [0.4, 0.5) is 0 Å². The monoisotopic (exact) mass is 375 g/mol. The summed E-state index contributed by atoms with van der Waals surface area (Å²) in [6.07, 6.45) is 3.62. The van der Waals surface area contributed by atoms with Gasteiger partial charge in [0.25, 0.3) is 0 Å². The van der Waals surface area contributed by atoms with Crippen LogP contribution in [0.25, 0.3) is 0 Å². The largest absolute Gasteiger partial charge is 0.382 e. The summed E-state index contributed by atoms with van der Waals surface area (Å²) in [5, 5.41) is 11.9. The molecule has 118 valence electrons. The van der Waals surface area contributed by atoms with Crippen molar-refractivity contribution in [1.82, 2.24) is 4.98 Å². The van der Waals surface area contributed by atoms with Crippen LogP contribution >= 0.6 is 27.3 Å². The van der Waals surface area contributed by atoms with Crippen LogP contribution in [0, 0.1) is 11.3 Å². The molecule has 2 unspecified atom stereocenters. The lowest BCUT2D eigenvalue weighted by Gasteiger charge is -2.47. The van der Waals surface area contributed by atoms with Crippen molar-refractivity contribution in [2.24, 2.45) is 11.3 Å². The first-order chi connectivity index (χ1) is 9.80. The average Bonchev–Trinajstić information content (AvgIpc) is 2.86. The molecular weight excluding hydrogens is 354 g/mol. The first kappa shape index (κ1) is 17.1. The van der Waals surface area contributed by atoms with Gasteiger partial charge in [-0.3, -0.25) is 4.79 Å². The van der Waals surface area contributed by atoms with E-state index in [1.165, 1.54) is 11.3 Å². The first-order valence-electron chi connectivity index (χ1n) is 7.25. The number of nitrogens with zero attached hydrogens (tertiary/aromatic N) is 1. The molecule has 1 heterocycles.